The zero-order chi connectivity index (χ0) is 18.5. The first-order chi connectivity index (χ1) is 12.6. The lowest BCUT2D eigenvalue weighted by Crippen LogP contribution is -2.38. The quantitative estimate of drug-likeness (QED) is 0.667. The number of rotatable bonds is 5. The van der Waals surface area contributed by atoms with Gasteiger partial charge in [-0.2, -0.15) is 0 Å². The van der Waals surface area contributed by atoms with Gasteiger partial charge in [0.25, 0.3) is 0 Å². The number of benzene rings is 2. The van der Waals surface area contributed by atoms with Crippen molar-refractivity contribution >= 4 is 11.6 Å². The Hall–Kier alpha value is -3.46. The van der Waals surface area contributed by atoms with Crippen LogP contribution < -0.4 is 4.90 Å². The van der Waals surface area contributed by atoms with Crippen LogP contribution in [-0.4, -0.2) is 32.2 Å². The summed E-state index contributed by atoms with van der Waals surface area (Å²) in [5.74, 6) is 2.63. The van der Waals surface area contributed by atoms with Gasteiger partial charge in [0.05, 0.1) is 12.1 Å². The third-order valence-corrected chi connectivity index (χ3v) is 3.98. The number of tetrazole rings is 1. The minimum Gasteiger partial charge on any atom is -0.310 e. The number of carbonyl (C=O) groups excluding carboxylic acids is 1. The van der Waals surface area contributed by atoms with Crippen molar-refractivity contribution in [2.24, 2.45) is 0 Å². The fraction of sp³-hybridized carbons (Fsp3) is 0.200. The third-order valence-electron chi connectivity index (χ3n) is 3.98. The first-order valence-electron chi connectivity index (χ1n) is 8.29. The van der Waals surface area contributed by atoms with Crippen molar-refractivity contribution in [3.8, 4) is 18.0 Å². The number of terminal acetylenes is 1. The van der Waals surface area contributed by atoms with Gasteiger partial charge in [0.2, 0.25) is 5.91 Å². The van der Waals surface area contributed by atoms with Crippen LogP contribution in [-0.2, 0) is 11.2 Å². The van der Waals surface area contributed by atoms with Gasteiger partial charge in [-0.15, -0.1) is 11.5 Å². The van der Waals surface area contributed by atoms with Crippen molar-refractivity contribution in [2.75, 3.05) is 4.90 Å². The fourth-order valence-corrected chi connectivity index (χ4v) is 2.78. The zero-order valence-electron chi connectivity index (χ0n) is 14.7. The molecular weight excluding hydrogens is 326 g/mol. The van der Waals surface area contributed by atoms with E-state index >= 15 is 0 Å². The van der Waals surface area contributed by atoms with Gasteiger partial charge >= 0.3 is 0 Å². The summed E-state index contributed by atoms with van der Waals surface area (Å²) in [4.78, 5) is 14.7. The van der Waals surface area contributed by atoms with Crippen molar-refractivity contribution in [2.45, 2.75) is 26.3 Å². The molecule has 26 heavy (non-hydrogen) atoms. The van der Waals surface area contributed by atoms with Gasteiger partial charge in [-0.1, -0.05) is 24.1 Å². The Kier molecular flexibility index (Phi) is 5.09. The molecule has 0 bridgehead atoms. The lowest BCUT2D eigenvalue weighted by molar-refractivity contribution is -0.118. The van der Waals surface area contributed by atoms with Crippen molar-refractivity contribution in [1.29, 1.82) is 0 Å². The summed E-state index contributed by atoms with van der Waals surface area (Å²) in [6.45, 7) is 3.97. The molecule has 1 amide bonds. The highest BCUT2D eigenvalue weighted by Crippen LogP contribution is 2.20. The Balaban J connectivity index is 1.79. The molecule has 3 rings (SSSR count). The molecule has 0 atom stereocenters. The topological polar surface area (TPSA) is 63.9 Å². The van der Waals surface area contributed by atoms with Crippen LogP contribution in [0, 0.1) is 12.3 Å². The average molecular weight is 345 g/mol. The Labute approximate surface area is 152 Å². The van der Waals surface area contributed by atoms with Crippen LogP contribution in [0.3, 0.4) is 0 Å². The Morgan fingerprint density at radius 3 is 2.62 bits per heavy atom. The summed E-state index contributed by atoms with van der Waals surface area (Å²) >= 11 is 0. The third kappa shape index (κ3) is 3.78. The molecule has 0 N–H and O–H groups in total. The van der Waals surface area contributed by atoms with E-state index in [1.807, 2.05) is 62.4 Å². The molecular formula is C20H19N5O. The normalized spacial score (nSPS) is 10.5. The molecule has 6 heteroatoms. The molecule has 0 radical (unpaired) electrons. The maximum Gasteiger partial charge on any atom is 0.231 e. The maximum absolute atomic E-state index is 12.9. The standard InChI is InChI=1S/C20H19N5O/c1-4-16-6-5-7-19(12-16)25(15(2)3)20(26)13-17-8-10-18(11-9-17)24-14-21-22-23-24/h1,5-12,14-15H,13H2,2-3H3. The highest BCUT2D eigenvalue weighted by molar-refractivity contribution is 5.95. The van der Waals surface area contributed by atoms with Crippen LogP contribution in [0.1, 0.15) is 25.0 Å². The first kappa shape index (κ1) is 17.4. The van der Waals surface area contributed by atoms with Crippen molar-refractivity contribution in [1.82, 2.24) is 20.2 Å². The minimum atomic E-state index is 0.0179. The number of amides is 1. The highest BCUT2D eigenvalue weighted by atomic mass is 16.2. The van der Waals surface area contributed by atoms with Crippen LogP contribution in [0.4, 0.5) is 5.69 Å². The van der Waals surface area contributed by atoms with Crippen molar-refractivity contribution in [3.63, 3.8) is 0 Å². The number of nitrogens with zero attached hydrogens (tertiary/aromatic N) is 5. The molecule has 2 aromatic carbocycles. The largest absolute Gasteiger partial charge is 0.310 e. The molecule has 0 saturated heterocycles. The van der Waals surface area contributed by atoms with Crippen molar-refractivity contribution < 1.29 is 4.79 Å². The summed E-state index contributed by atoms with van der Waals surface area (Å²) in [6, 6.07) is 15.1. The van der Waals surface area contributed by atoms with Crippen LogP contribution in [0.2, 0.25) is 0 Å². The predicted molar refractivity (Wildman–Crippen MR) is 99.9 cm³/mol. The smallest absolute Gasteiger partial charge is 0.231 e. The first-order valence-corrected chi connectivity index (χ1v) is 8.29. The van der Waals surface area contributed by atoms with Gasteiger partial charge in [0.1, 0.15) is 6.33 Å². The van der Waals surface area contributed by atoms with Gasteiger partial charge < -0.3 is 4.90 Å². The Morgan fingerprint density at radius 2 is 2.00 bits per heavy atom. The molecule has 1 aromatic heterocycles. The molecule has 130 valence electrons. The zero-order valence-corrected chi connectivity index (χ0v) is 14.7. The lowest BCUT2D eigenvalue weighted by atomic mass is 10.1. The monoisotopic (exact) mass is 345 g/mol. The van der Waals surface area contributed by atoms with Crippen LogP contribution in [0.15, 0.2) is 54.9 Å². The predicted octanol–water partition coefficient (Wildman–Crippen LogP) is 2.63. The molecule has 3 aromatic rings. The number of hydrogen-bond acceptors (Lipinski definition) is 4. The van der Waals surface area contributed by atoms with Crippen LogP contribution >= 0.6 is 0 Å². The molecule has 0 spiro atoms. The van der Waals surface area contributed by atoms with Crippen molar-refractivity contribution in [3.05, 3.63) is 66.0 Å². The average Bonchev–Trinajstić information content (AvgIpc) is 3.17. The summed E-state index contributed by atoms with van der Waals surface area (Å²) in [5, 5.41) is 11.1. The van der Waals surface area contributed by atoms with E-state index in [9.17, 15) is 4.79 Å². The van der Waals surface area contributed by atoms with E-state index in [1.54, 1.807) is 9.58 Å². The maximum atomic E-state index is 12.9. The summed E-state index contributed by atoms with van der Waals surface area (Å²) in [5.41, 5.74) is 3.33. The molecule has 6 nitrogen and oxygen atoms in total. The van der Waals surface area contributed by atoms with E-state index in [4.69, 9.17) is 6.42 Å². The van der Waals surface area contributed by atoms with Crippen LogP contribution in [0.25, 0.3) is 5.69 Å². The van der Waals surface area contributed by atoms with Gasteiger partial charge in [-0.3, -0.25) is 4.79 Å². The van der Waals surface area contributed by atoms with Crippen LogP contribution in [0.5, 0.6) is 0 Å². The Bertz CT molecular complexity index is 924. The minimum absolute atomic E-state index is 0.0179. The van der Waals surface area contributed by atoms with E-state index < -0.39 is 0 Å². The molecule has 0 aliphatic heterocycles. The van der Waals surface area contributed by atoms with Gasteiger partial charge in [0, 0.05) is 17.3 Å². The number of anilines is 1. The number of carbonyl (C=O) groups is 1. The summed E-state index contributed by atoms with van der Waals surface area (Å²) in [6.07, 6.45) is 7.31. The molecule has 0 saturated carbocycles. The molecule has 0 unspecified atom stereocenters. The second-order valence-electron chi connectivity index (χ2n) is 6.15. The Morgan fingerprint density at radius 1 is 1.23 bits per heavy atom. The van der Waals surface area contributed by atoms with E-state index in [-0.39, 0.29) is 11.9 Å². The fourth-order valence-electron chi connectivity index (χ4n) is 2.78. The number of hydrogen-bond donors (Lipinski definition) is 0. The summed E-state index contributed by atoms with van der Waals surface area (Å²) in [7, 11) is 0. The summed E-state index contributed by atoms with van der Waals surface area (Å²) < 4.78 is 1.57. The van der Waals surface area contributed by atoms with E-state index in [1.165, 1.54) is 6.33 Å². The lowest BCUT2D eigenvalue weighted by Gasteiger charge is -2.27. The van der Waals surface area contributed by atoms with E-state index in [0.717, 1.165) is 22.5 Å². The molecule has 0 fully saturated rings. The number of aromatic nitrogens is 4. The molecule has 0 aliphatic carbocycles. The molecule has 1 heterocycles. The SMILES string of the molecule is C#Cc1cccc(N(C(=O)Cc2ccc(-n3cnnn3)cc2)C(C)C)c1. The second kappa shape index (κ2) is 7.62. The van der Waals surface area contributed by atoms with E-state index in [2.05, 4.69) is 21.4 Å². The highest BCUT2D eigenvalue weighted by Gasteiger charge is 2.19. The second-order valence-corrected chi connectivity index (χ2v) is 6.15. The van der Waals surface area contributed by atoms with Gasteiger partial charge in [-0.05, 0) is 60.2 Å². The van der Waals surface area contributed by atoms with Gasteiger partial charge in [-0.25, -0.2) is 4.68 Å². The van der Waals surface area contributed by atoms with E-state index in [0.29, 0.717) is 6.42 Å². The van der Waals surface area contributed by atoms with Gasteiger partial charge in [0.15, 0.2) is 0 Å². The molecule has 0 aliphatic rings.